The highest BCUT2D eigenvalue weighted by Gasteiger charge is 2.20. The van der Waals surface area contributed by atoms with Crippen molar-refractivity contribution in [2.24, 2.45) is 11.8 Å². The molecule has 3 N–H and O–H groups in total. The van der Waals surface area contributed by atoms with Gasteiger partial charge in [0.15, 0.2) is 0 Å². The smallest absolute Gasteiger partial charge is 0.326 e. The summed E-state index contributed by atoms with van der Waals surface area (Å²) in [4.78, 5) is 22.5. The number of carboxylic acid groups (broad SMARTS) is 1. The van der Waals surface area contributed by atoms with E-state index in [1.807, 2.05) is 13.8 Å². The van der Waals surface area contributed by atoms with Gasteiger partial charge in [0.2, 0.25) is 0 Å². The quantitative estimate of drug-likeness (QED) is 0.535. The van der Waals surface area contributed by atoms with Crippen LogP contribution in [-0.2, 0) is 9.53 Å². The Labute approximate surface area is 121 Å². The fourth-order valence-corrected chi connectivity index (χ4v) is 1.56. The highest BCUT2D eigenvalue weighted by molar-refractivity contribution is 5.82. The van der Waals surface area contributed by atoms with Crippen LogP contribution in [0.1, 0.15) is 40.5 Å². The predicted octanol–water partition coefficient (Wildman–Crippen LogP) is 1.85. The fraction of sp³-hybridized carbons (Fsp3) is 0.857. The molecule has 118 valence electrons. The Bertz CT molecular complexity index is 293. The first-order valence-electron chi connectivity index (χ1n) is 7.17. The van der Waals surface area contributed by atoms with Crippen LogP contribution in [0.15, 0.2) is 0 Å². The van der Waals surface area contributed by atoms with Crippen molar-refractivity contribution in [3.63, 3.8) is 0 Å². The van der Waals surface area contributed by atoms with E-state index >= 15 is 0 Å². The Balaban J connectivity index is 3.77. The van der Waals surface area contributed by atoms with Gasteiger partial charge >= 0.3 is 12.0 Å². The standard InChI is InChI=1S/C14H28N2O4/c1-10(2)5-7-20-8-6-15-14(19)16-12(13(17)18)9-11(3)4/h10-12H,5-9H2,1-4H3,(H,17,18)(H2,15,16,19). The number of ether oxygens (including phenoxy) is 1. The van der Waals surface area contributed by atoms with Crippen molar-refractivity contribution in [1.82, 2.24) is 10.6 Å². The number of carboxylic acids is 1. The van der Waals surface area contributed by atoms with E-state index in [1.54, 1.807) is 0 Å². The molecule has 2 amide bonds. The van der Waals surface area contributed by atoms with Gasteiger partial charge in [0.05, 0.1) is 6.61 Å². The lowest BCUT2D eigenvalue weighted by Gasteiger charge is -2.17. The molecule has 1 unspecified atom stereocenters. The van der Waals surface area contributed by atoms with Crippen LogP contribution in [0.3, 0.4) is 0 Å². The van der Waals surface area contributed by atoms with Crippen LogP contribution in [0.5, 0.6) is 0 Å². The van der Waals surface area contributed by atoms with Crippen molar-refractivity contribution in [1.29, 1.82) is 0 Å². The van der Waals surface area contributed by atoms with Gasteiger partial charge in [0.1, 0.15) is 6.04 Å². The summed E-state index contributed by atoms with van der Waals surface area (Å²) >= 11 is 0. The third-order valence-electron chi connectivity index (χ3n) is 2.68. The zero-order chi connectivity index (χ0) is 15.5. The molecule has 0 aromatic rings. The Morgan fingerprint density at radius 2 is 1.75 bits per heavy atom. The van der Waals surface area contributed by atoms with Crippen molar-refractivity contribution in [2.45, 2.75) is 46.6 Å². The lowest BCUT2D eigenvalue weighted by Crippen LogP contribution is -2.47. The van der Waals surface area contributed by atoms with E-state index in [2.05, 4.69) is 24.5 Å². The maximum absolute atomic E-state index is 11.5. The first-order chi connectivity index (χ1) is 9.32. The zero-order valence-electron chi connectivity index (χ0n) is 12.9. The van der Waals surface area contributed by atoms with Crippen LogP contribution < -0.4 is 10.6 Å². The normalized spacial score (nSPS) is 12.5. The summed E-state index contributed by atoms with van der Waals surface area (Å²) < 4.78 is 5.35. The van der Waals surface area contributed by atoms with Crippen molar-refractivity contribution in [3.8, 4) is 0 Å². The molecule has 0 heterocycles. The molecule has 0 saturated carbocycles. The van der Waals surface area contributed by atoms with E-state index in [-0.39, 0.29) is 5.92 Å². The molecule has 6 nitrogen and oxygen atoms in total. The van der Waals surface area contributed by atoms with Gasteiger partial charge in [-0.1, -0.05) is 27.7 Å². The molecule has 0 spiro atoms. The molecule has 0 aliphatic rings. The molecule has 0 saturated heterocycles. The van der Waals surface area contributed by atoms with Gasteiger partial charge < -0.3 is 20.5 Å². The third kappa shape index (κ3) is 10.6. The molecule has 0 rings (SSSR count). The van der Waals surface area contributed by atoms with E-state index < -0.39 is 18.0 Å². The summed E-state index contributed by atoms with van der Waals surface area (Å²) in [5, 5.41) is 14.0. The second kappa shape index (κ2) is 10.5. The van der Waals surface area contributed by atoms with Crippen molar-refractivity contribution >= 4 is 12.0 Å². The minimum atomic E-state index is -1.01. The van der Waals surface area contributed by atoms with E-state index in [9.17, 15) is 9.59 Å². The Kier molecular flexibility index (Phi) is 9.80. The molecule has 20 heavy (non-hydrogen) atoms. The van der Waals surface area contributed by atoms with E-state index in [1.165, 1.54) is 0 Å². The zero-order valence-corrected chi connectivity index (χ0v) is 12.9. The number of urea groups is 1. The number of amides is 2. The molecule has 1 atom stereocenters. The molecule has 0 aliphatic heterocycles. The molecule has 0 aromatic heterocycles. The van der Waals surface area contributed by atoms with Crippen molar-refractivity contribution < 1.29 is 19.4 Å². The molecule has 0 fully saturated rings. The van der Waals surface area contributed by atoms with Gasteiger partial charge in [-0.05, 0) is 24.7 Å². The van der Waals surface area contributed by atoms with Crippen LogP contribution in [0.25, 0.3) is 0 Å². The average Bonchev–Trinajstić information content (AvgIpc) is 2.31. The maximum Gasteiger partial charge on any atom is 0.326 e. The van der Waals surface area contributed by atoms with Gasteiger partial charge in [0.25, 0.3) is 0 Å². The fourth-order valence-electron chi connectivity index (χ4n) is 1.56. The topological polar surface area (TPSA) is 87.7 Å². The molecule has 6 heteroatoms. The van der Waals surface area contributed by atoms with Crippen LogP contribution in [0.4, 0.5) is 4.79 Å². The van der Waals surface area contributed by atoms with Gasteiger partial charge in [-0.25, -0.2) is 9.59 Å². The average molecular weight is 288 g/mol. The monoisotopic (exact) mass is 288 g/mol. The minimum absolute atomic E-state index is 0.204. The van der Waals surface area contributed by atoms with Gasteiger partial charge in [-0.2, -0.15) is 0 Å². The molecule has 0 bridgehead atoms. The Morgan fingerprint density at radius 3 is 2.25 bits per heavy atom. The summed E-state index contributed by atoms with van der Waals surface area (Å²) in [5.41, 5.74) is 0. The van der Waals surface area contributed by atoms with Crippen LogP contribution in [0.2, 0.25) is 0 Å². The lowest BCUT2D eigenvalue weighted by molar-refractivity contribution is -0.139. The summed E-state index contributed by atoms with van der Waals surface area (Å²) in [5.74, 6) is -0.212. The number of aliphatic carboxylic acids is 1. The minimum Gasteiger partial charge on any atom is -0.480 e. The second-order valence-electron chi connectivity index (χ2n) is 5.72. The van der Waals surface area contributed by atoms with E-state index in [0.29, 0.717) is 32.1 Å². The van der Waals surface area contributed by atoms with Crippen LogP contribution in [0, 0.1) is 11.8 Å². The highest BCUT2D eigenvalue weighted by Crippen LogP contribution is 2.04. The molecular weight excluding hydrogens is 260 g/mol. The first kappa shape index (κ1) is 18.7. The van der Waals surface area contributed by atoms with Gasteiger partial charge in [-0.15, -0.1) is 0 Å². The Hall–Kier alpha value is -1.30. The third-order valence-corrected chi connectivity index (χ3v) is 2.68. The molecular formula is C14H28N2O4. The number of carbonyl (C=O) groups excluding carboxylic acids is 1. The molecule has 0 aliphatic carbocycles. The highest BCUT2D eigenvalue weighted by atomic mass is 16.5. The first-order valence-corrected chi connectivity index (χ1v) is 7.17. The molecule has 0 radical (unpaired) electrons. The number of hydrogen-bond acceptors (Lipinski definition) is 3. The largest absolute Gasteiger partial charge is 0.480 e. The lowest BCUT2D eigenvalue weighted by atomic mass is 10.0. The van der Waals surface area contributed by atoms with Crippen molar-refractivity contribution in [2.75, 3.05) is 19.8 Å². The number of rotatable bonds is 10. The summed E-state index contributed by atoms with van der Waals surface area (Å²) in [6, 6.07) is -1.32. The SMILES string of the molecule is CC(C)CCOCCNC(=O)NC(CC(C)C)C(=O)O. The summed E-state index contributed by atoms with van der Waals surface area (Å²) in [6.45, 7) is 9.55. The van der Waals surface area contributed by atoms with Crippen LogP contribution >= 0.6 is 0 Å². The molecule has 0 aromatic carbocycles. The van der Waals surface area contributed by atoms with Crippen molar-refractivity contribution in [3.05, 3.63) is 0 Å². The van der Waals surface area contributed by atoms with Crippen LogP contribution in [-0.4, -0.2) is 42.9 Å². The van der Waals surface area contributed by atoms with Gasteiger partial charge in [-0.3, -0.25) is 0 Å². The maximum atomic E-state index is 11.5. The summed E-state index contributed by atoms with van der Waals surface area (Å²) in [7, 11) is 0. The van der Waals surface area contributed by atoms with Gasteiger partial charge in [0, 0.05) is 13.2 Å². The number of hydrogen-bond donors (Lipinski definition) is 3. The van der Waals surface area contributed by atoms with E-state index in [4.69, 9.17) is 9.84 Å². The second-order valence-corrected chi connectivity index (χ2v) is 5.72. The summed E-state index contributed by atoms with van der Waals surface area (Å²) in [6.07, 6.45) is 1.40. The predicted molar refractivity (Wildman–Crippen MR) is 77.7 cm³/mol. The Morgan fingerprint density at radius 1 is 1.10 bits per heavy atom. The van der Waals surface area contributed by atoms with E-state index in [0.717, 1.165) is 6.42 Å². The number of nitrogens with one attached hydrogen (secondary N) is 2. The number of carbonyl (C=O) groups is 2.